The smallest absolute Gasteiger partial charge is 0.359 e. The largest absolute Gasteiger partial charge is 0.461 e. The monoisotopic (exact) mass is 609 g/mol. The van der Waals surface area contributed by atoms with E-state index in [0.717, 1.165) is 20.5 Å². The van der Waals surface area contributed by atoms with Crippen molar-refractivity contribution in [1.29, 1.82) is 0 Å². The Hall–Kier alpha value is -2.53. The number of amides is 1. The second-order valence-electron chi connectivity index (χ2n) is 6.69. The van der Waals surface area contributed by atoms with Crippen molar-refractivity contribution in [3.8, 4) is 5.69 Å². The summed E-state index contributed by atoms with van der Waals surface area (Å²) in [5.74, 6) is -1.16. The fourth-order valence-corrected chi connectivity index (χ4v) is 4.85. The van der Waals surface area contributed by atoms with Gasteiger partial charge in [0.1, 0.15) is 5.00 Å². The van der Waals surface area contributed by atoms with Gasteiger partial charge >= 0.3 is 5.97 Å². The molecule has 2 aromatic heterocycles. The molecule has 0 bridgehead atoms. The van der Waals surface area contributed by atoms with Crippen LogP contribution in [0.2, 0.25) is 5.02 Å². The zero-order valence-corrected chi connectivity index (χ0v) is 21.6. The number of hydrogen-bond donors (Lipinski definition) is 1. The molecule has 33 heavy (non-hydrogen) atoms. The first-order valence-corrected chi connectivity index (χ1v) is 12.4. The molecule has 0 aliphatic heterocycles. The fourth-order valence-electron chi connectivity index (χ4n) is 3.09. The minimum absolute atomic E-state index is 0.0217. The van der Waals surface area contributed by atoms with Gasteiger partial charge in [-0.3, -0.25) is 9.59 Å². The van der Waals surface area contributed by atoms with Gasteiger partial charge in [0.25, 0.3) is 11.5 Å². The van der Waals surface area contributed by atoms with Crippen LogP contribution in [0.5, 0.6) is 0 Å². The molecule has 11 heteroatoms. The van der Waals surface area contributed by atoms with Crippen LogP contribution < -0.4 is 10.9 Å². The number of esters is 1. The number of nitrogens with zero attached hydrogens (tertiary/aromatic N) is 2. The Kier molecular flexibility index (Phi) is 6.99. The summed E-state index contributed by atoms with van der Waals surface area (Å²) in [4.78, 5) is 39.0. The summed E-state index contributed by atoms with van der Waals surface area (Å²) in [5, 5.41) is 9.61. The van der Waals surface area contributed by atoms with Crippen LogP contribution in [0.15, 0.2) is 61.6 Å². The second kappa shape index (κ2) is 9.76. The van der Waals surface area contributed by atoms with E-state index in [1.54, 1.807) is 54.8 Å². The molecule has 1 amide bonds. The SMILES string of the molecule is CCOC(=O)c1nn(-c2ccc(Br)cc2)c(=O)c2c(NC(=O)c3cc(Br)ccc3Cl)scc12. The van der Waals surface area contributed by atoms with E-state index in [2.05, 4.69) is 42.3 Å². The van der Waals surface area contributed by atoms with Crippen LogP contribution in [0.25, 0.3) is 16.5 Å². The first-order valence-electron chi connectivity index (χ1n) is 9.54. The van der Waals surface area contributed by atoms with Crippen molar-refractivity contribution in [3.05, 3.63) is 83.4 Å². The van der Waals surface area contributed by atoms with Crippen molar-refractivity contribution in [3.63, 3.8) is 0 Å². The second-order valence-corrected chi connectivity index (χ2v) is 9.81. The van der Waals surface area contributed by atoms with E-state index in [1.165, 1.54) is 0 Å². The maximum Gasteiger partial charge on any atom is 0.359 e. The number of anilines is 1. The lowest BCUT2D eigenvalue weighted by atomic mass is 10.2. The van der Waals surface area contributed by atoms with E-state index in [9.17, 15) is 14.4 Å². The number of fused-ring (bicyclic) bond motifs is 1. The number of nitrogens with one attached hydrogen (secondary N) is 1. The molecule has 0 atom stereocenters. The first kappa shape index (κ1) is 23.6. The van der Waals surface area contributed by atoms with Crippen molar-refractivity contribution < 1.29 is 14.3 Å². The molecule has 0 saturated carbocycles. The number of ether oxygens (including phenoxy) is 1. The summed E-state index contributed by atoms with van der Waals surface area (Å²) in [6.07, 6.45) is 0. The molecular formula is C22H14Br2ClN3O4S. The standard InChI is InChI=1S/C22H14Br2ClN3O4S/c1-2-32-22(31)18-15-10-33-20(26-19(29)14-9-12(24)5-8-16(14)25)17(15)21(30)28(27-18)13-6-3-11(23)4-7-13/h3-10H,2H2,1H3,(H,26,29). The lowest BCUT2D eigenvalue weighted by Gasteiger charge is -2.10. The third-order valence-corrected chi connectivity index (χ3v) is 6.84. The molecule has 2 heterocycles. The van der Waals surface area contributed by atoms with Crippen molar-refractivity contribution in [1.82, 2.24) is 9.78 Å². The fraction of sp³-hybridized carbons (Fsp3) is 0.0909. The van der Waals surface area contributed by atoms with Gasteiger partial charge in [-0.25, -0.2) is 4.79 Å². The van der Waals surface area contributed by atoms with Crippen LogP contribution >= 0.6 is 54.8 Å². The Bertz CT molecular complexity index is 1450. The molecule has 0 spiro atoms. The van der Waals surface area contributed by atoms with Gasteiger partial charge in [-0.2, -0.15) is 9.78 Å². The lowest BCUT2D eigenvalue weighted by molar-refractivity contribution is 0.0520. The molecule has 0 aliphatic rings. The van der Waals surface area contributed by atoms with Crippen LogP contribution in [0.4, 0.5) is 5.00 Å². The van der Waals surface area contributed by atoms with Crippen LogP contribution in [0, 0.1) is 0 Å². The number of rotatable bonds is 5. The first-order chi connectivity index (χ1) is 15.8. The predicted octanol–water partition coefficient (Wildman–Crippen LogP) is 6.05. The van der Waals surface area contributed by atoms with E-state index in [1.807, 2.05) is 0 Å². The van der Waals surface area contributed by atoms with Gasteiger partial charge in [0.05, 0.1) is 28.3 Å². The maximum atomic E-state index is 13.4. The van der Waals surface area contributed by atoms with E-state index in [-0.39, 0.29) is 33.3 Å². The van der Waals surface area contributed by atoms with Gasteiger partial charge in [-0.1, -0.05) is 43.5 Å². The third kappa shape index (κ3) is 4.74. The van der Waals surface area contributed by atoms with Crippen LogP contribution in [0.1, 0.15) is 27.8 Å². The summed E-state index contributed by atoms with van der Waals surface area (Å²) < 4.78 is 7.77. The van der Waals surface area contributed by atoms with Crippen molar-refractivity contribution in [2.24, 2.45) is 0 Å². The van der Waals surface area contributed by atoms with E-state index < -0.39 is 17.4 Å². The summed E-state index contributed by atoms with van der Waals surface area (Å²) in [6.45, 7) is 1.83. The Morgan fingerprint density at radius 1 is 1.15 bits per heavy atom. The number of aromatic nitrogens is 2. The average molecular weight is 612 g/mol. The molecule has 4 rings (SSSR count). The van der Waals surface area contributed by atoms with Crippen LogP contribution in [-0.4, -0.2) is 28.3 Å². The van der Waals surface area contributed by atoms with Crippen LogP contribution in [-0.2, 0) is 4.74 Å². The van der Waals surface area contributed by atoms with E-state index in [4.69, 9.17) is 16.3 Å². The van der Waals surface area contributed by atoms with Gasteiger partial charge in [-0.15, -0.1) is 11.3 Å². The highest BCUT2D eigenvalue weighted by Gasteiger charge is 2.24. The number of hydrogen-bond acceptors (Lipinski definition) is 6. The molecule has 7 nitrogen and oxygen atoms in total. The third-order valence-electron chi connectivity index (χ3n) is 4.59. The summed E-state index contributed by atoms with van der Waals surface area (Å²) in [6, 6.07) is 11.8. The Morgan fingerprint density at radius 2 is 1.85 bits per heavy atom. The molecule has 168 valence electrons. The lowest BCUT2D eigenvalue weighted by Crippen LogP contribution is -2.25. The van der Waals surface area contributed by atoms with E-state index in [0.29, 0.717) is 15.5 Å². The summed E-state index contributed by atoms with van der Waals surface area (Å²) >= 11 is 14.0. The molecule has 2 aromatic carbocycles. The predicted molar refractivity (Wildman–Crippen MR) is 136 cm³/mol. The van der Waals surface area contributed by atoms with E-state index >= 15 is 0 Å². The molecule has 0 fully saturated rings. The van der Waals surface area contributed by atoms with Crippen molar-refractivity contribution >= 4 is 82.4 Å². The number of carbonyl (C=O) groups excluding carboxylic acids is 2. The molecule has 0 saturated heterocycles. The highest BCUT2D eigenvalue weighted by molar-refractivity contribution is 9.10. The summed E-state index contributed by atoms with van der Waals surface area (Å²) in [5.41, 5.74) is 0.179. The quantitative estimate of drug-likeness (QED) is 0.278. The van der Waals surface area contributed by atoms with Gasteiger partial charge in [0.2, 0.25) is 0 Å². The molecule has 1 N–H and O–H groups in total. The maximum absolute atomic E-state index is 13.4. The molecular weight excluding hydrogens is 598 g/mol. The highest BCUT2D eigenvalue weighted by Crippen LogP contribution is 2.32. The molecule has 0 radical (unpaired) electrons. The Morgan fingerprint density at radius 3 is 2.55 bits per heavy atom. The number of halogens is 3. The van der Waals surface area contributed by atoms with Crippen molar-refractivity contribution in [2.45, 2.75) is 6.92 Å². The topological polar surface area (TPSA) is 90.3 Å². The van der Waals surface area contributed by atoms with Gasteiger partial charge in [0, 0.05) is 19.7 Å². The van der Waals surface area contributed by atoms with Gasteiger partial charge < -0.3 is 10.1 Å². The molecule has 4 aromatic rings. The Labute approximate surface area is 213 Å². The Balaban J connectivity index is 1.89. The van der Waals surface area contributed by atoms with Crippen molar-refractivity contribution in [2.75, 3.05) is 11.9 Å². The minimum atomic E-state index is -0.668. The molecule has 0 unspecified atom stereocenters. The normalized spacial score (nSPS) is 10.9. The number of benzene rings is 2. The zero-order valence-electron chi connectivity index (χ0n) is 16.9. The number of thiophene rings is 1. The summed E-state index contributed by atoms with van der Waals surface area (Å²) in [7, 11) is 0. The highest BCUT2D eigenvalue weighted by atomic mass is 79.9. The van der Waals surface area contributed by atoms with Crippen LogP contribution in [0.3, 0.4) is 0 Å². The zero-order chi connectivity index (χ0) is 23.7. The molecule has 0 aliphatic carbocycles. The average Bonchev–Trinajstić information content (AvgIpc) is 3.20. The number of carbonyl (C=O) groups is 2. The van der Waals surface area contributed by atoms with Gasteiger partial charge in [0.15, 0.2) is 5.69 Å². The minimum Gasteiger partial charge on any atom is -0.461 e. The van der Waals surface area contributed by atoms with Gasteiger partial charge in [-0.05, 0) is 49.4 Å².